The van der Waals surface area contributed by atoms with Crippen molar-refractivity contribution in [1.82, 2.24) is 0 Å². The van der Waals surface area contributed by atoms with Gasteiger partial charge in [-0.25, -0.2) is 0 Å². The van der Waals surface area contributed by atoms with Crippen molar-refractivity contribution in [2.24, 2.45) is 5.92 Å². The second-order valence-electron chi connectivity index (χ2n) is 2.30. The van der Waals surface area contributed by atoms with E-state index in [1.165, 1.54) is 6.42 Å². The lowest BCUT2D eigenvalue weighted by atomic mass is 10.0. The van der Waals surface area contributed by atoms with Gasteiger partial charge in [0.1, 0.15) is 0 Å². The second kappa shape index (κ2) is 6.60. The molecule has 0 nitrogen and oxygen atoms in total. The first kappa shape index (κ1) is 9.48. The molecule has 0 fully saturated rings. The van der Waals surface area contributed by atoms with Gasteiger partial charge in [0.05, 0.1) is 0 Å². The Morgan fingerprint density at radius 3 is 2.40 bits per heavy atom. The quantitative estimate of drug-likeness (QED) is 0.556. The molecule has 0 aliphatic carbocycles. The zero-order chi connectivity index (χ0) is 7.82. The molecule has 0 bridgehead atoms. The third-order valence-corrected chi connectivity index (χ3v) is 1.54. The molecule has 0 aliphatic rings. The van der Waals surface area contributed by atoms with Crippen LogP contribution in [0, 0.1) is 19.8 Å². The van der Waals surface area contributed by atoms with Crippen LogP contribution in [-0.4, -0.2) is 0 Å². The van der Waals surface area contributed by atoms with E-state index in [1.54, 1.807) is 0 Å². The van der Waals surface area contributed by atoms with Crippen molar-refractivity contribution in [3.63, 3.8) is 0 Å². The molecule has 10 heavy (non-hydrogen) atoms. The van der Waals surface area contributed by atoms with Gasteiger partial charge < -0.3 is 0 Å². The summed E-state index contributed by atoms with van der Waals surface area (Å²) in [5.41, 5.74) is 0. The van der Waals surface area contributed by atoms with E-state index in [0.29, 0.717) is 5.92 Å². The predicted octanol–water partition coefficient (Wildman–Crippen LogP) is 3.18. The molecule has 0 aromatic rings. The molecule has 0 saturated carbocycles. The summed E-state index contributed by atoms with van der Waals surface area (Å²) in [7, 11) is 0. The molecule has 0 spiro atoms. The van der Waals surface area contributed by atoms with Crippen LogP contribution in [0.2, 0.25) is 0 Å². The summed E-state index contributed by atoms with van der Waals surface area (Å²) in [6.45, 7) is 9.48. The third-order valence-electron chi connectivity index (χ3n) is 1.54. The van der Waals surface area contributed by atoms with Crippen molar-refractivity contribution >= 4 is 0 Å². The lowest BCUT2D eigenvalue weighted by molar-refractivity contribution is 0.638. The first-order chi connectivity index (χ1) is 4.85. The number of rotatable bonds is 4. The Labute approximate surface area is 64.6 Å². The van der Waals surface area contributed by atoms with Crippen LogP contribution < -0.4 is 0 Å². The standard InChI is InChI=1S/C10H16/c1-4-7-9-10(6-3)8-5-2/h4-5,7-8,10H,1-2,6,9H2,3H3. The maximum Gasteiger partial charge on any atom is -0.0202 e. The van der Waals surface area contributed by atoms with Crippen LogP contribution in [0.3, 0.4) is 0 Å². The fourth-order valence-corrected chi connectivity index (χ4v) is 0.845. The van der Waals surface area contributed by atoms with Gasteiger partial charge in [0.15, 0.2) is 0 Å². The normalized spacial score (nSPS) is 15.1. The van der Waals surface area contributed by atoms with E-state index in [9.17, 15) is 0 Å². The van der Waals surface area contributed by atoms with Crippen LogP contribution in [0.25, 0.3) is 0 Å². The van der Waals surface area contributed by atoms with E-state index in [1.807, 2.05) is 12.2 Å². The molecular weight excluding hydrogens is 120 g/mol. The molecular formula is C10H16. The van der Waals surface area contributed by atoms with E-state index < -0.39 is 0 Å². The van der Waals surface area contributed by atoms with Crippen LogP contribution in [0.5, 0.6) is 0 Å². The van der Waals surface area contributed by atoms with Crippen LogP contribution in [0.4, 0.5) is 0 Å². The number of allylic oxidation sites excluding steroid dienone is 4. The van der Waals surface area contributed by atoms with Crippen LogP contribution in [0.15, 0.2) is 24.3 Å². The summed E-state index contributed by atoms with van der Waals surface area (Å²) in [4.78, 5) is 0. The van der Waals surface area contributed by atoms with Gasteiger partial charge in [-0.15, -0.1) is 0 Å². The molecule has 1 unspecified atom stereocenters. The first-order valence-corrected chi connectivity index (χ1v) is 3.75. The Morgan fingerprint density at radius 1 is 1.30 bits per heavy atom. The maximum absolute atomic E-state index is 3.66. The van der Waals surface area contributed by atoms with Gasteiger partial charge in [-0.2, -0.15) is 0 Å². The van der Waals surface area contributed by atoms with E-state index in [-0.39, 0.29) is 0 Å². The van der Waals surface area contributed by atoms with E-state index in [4.69, 9.17) is 0 Å². The lowest BCUT2D eigenvalue weighted by Crippen LogP contribution is -1.90. The zero-order valence-electron chi connectivity index (χ0n) is 6.72. The number of hydrogen-bond acceptors (Lipinski definition) is 0. The highest BCUT2D eigenvalue weighted by molar-refractivity contribution is 4.95. The lowest BCUT2D eigenvalue weighted by Gasteiger charge is -2.04. The van der Waals surface area contributed by atoms with E-state index in [2.05, 4.69) is 32.9 Å². The fourth-order valence-electron chi connectivity index (χ4n) is 0.845. The van der Waals surface area contributed by atoms with Gasteiger partial charge in [-0.05, 0) is 32.6 Å². The molecule has 0 rings (SSSR count). The van der Waals surface area contributed by atoms with Gasteiger partial charge in [-0.1, -0.05) is 31.2 Å². The summed E-state index contributed by atoms with van der Waals surface area (Å²) in [5, 5.41) is 0. The van der Waals surface area contributed by atoms with Crippen molar-refractivity contribution in [3.8, 4) is 0 Å². The molecule has 0 aromatic carbocycles. The minimum atomic E-state index is 0.649. The summed E-state index contributed by atoms with van der Waals surface area (Å²) >= 11 is 0. The molecule has 0 N–H and O–H groups in total. The molecule has 0 heterocycles. The van der Waals surface area contributed by atoms with Crippen molar-refractivity contribution < 1.29 is 0 Å². The van der Waals surface area contributed by atoms with Gasteiger partial charge in [-0.3, -0.25) is 0 Å². The minimum Gasteiger partial charge on any atom is -0.0882 e. The molecule has 0 amide bonds. The average Bonchev–Trinajstić information content (AvgIpc) is 1.98. The molecule has 2 radical (unpaired) electrons. The zero-order valence-corrected chi connectivity index (χ0v) is 6.72. The highest BCUT2D eigenvalue weighted by atomic mass is 14.0. The molecule has 0 aromatic heterocycles. The Bertz CT molecular complexity index is 109. The Balaban J connectivity index is 3.60. The van der Waals surface area contributed by atoms with Gasteiger partial charge in [0, 0.05) is 0 Å². The Morgan fingerprint density at radius 2 is 2.00 bits per heavy atom. The highest BCUT2D eigenvalue weighted by Gasteiger charge is 1.95. The van der Waals surface area contributed by atoms with Gasteiger partial charge in [0.2, 0.25) is 0 Å². The Hall–Kier alpha value is -0.520. The van der Waals surface area contributed by atoms with Crippen LogP contribution in [-0.2, 0) is 0 Å². The molecule has 0 saturated heterocycles. The van der Waals surface area contributed by atoms with E-state index in [0.717, 1.165) is 6.42 Å². The van der Waals surface area contributed by atoms with Crippen molar-refractivity contribution in [3.05, 3.63) is 38.2 Å². The second-order valence-corrected chi connectivity index (χ2v) is 2.30. The summed E-state index contributed by atoms with van der Waals surface area (Å²) < 4.78 is 0. The van der Waals surface area contributed by atoms with Crippen LogP contribution in [0.1, 0.15) is 19.8 Å². The molecule has 1 atom stereocenters. The maximum atomic E-state index is 3.66. The first-order valence-electron chi connectivity index (χ1n) is 3.75. The molecule has 56 valence electrons. The largest absolute Gasteiger partial charge is 0.0882 e. The summed E-state index contributed by atoms with van der Waals surface area (Å²) in [6.07, 6.45) is 10.2. The Kier molecular flexibility index (Phi) is 6.25. The van der Waals surface area contributed by atoms with Crippen molar-refractivity contribution in [1.29, 1.82) is 0 Å². The average molecular weight is 136 g/mol. The third kappa shape index (κ3) is 4.37. The molecule has 0 heteroatoms. The van der Waals surface area contributed by atoms with Crippen molar-refractivity contribution in [2.45, 2.75) is 19.8 Å². The SMILES string of the molecule is [CH2]C=CCC(C=C[CH2])CC. The molecule has 0 aliphatic heterocycles. The topological polar surface area (TPSA) is 0 Å². The van der Waals surface area contributed by atoms with Gasteiger partial charge in [0.25, 0.3) is 0 Å². The summed E-state index contributed by atoms with van der Waals surface area (Å²) in [6, 6.07) is 0. The predicted molar refractivity (Wildman–Crippen MR) is 47.4 cm³/mol. The summed E-state index contributed by atoms with van der Waals surface area (Å²) in [5.74, 6) is 0.649. The van der Waals surface area contributed by atoms with Gasteiger partial charge >= 0.3 is 0 Å². The van der Waals surface area contributed by atoms with Crippen LogP contribution >= 0.6 is 0 Å². The number of hydrogen-bond donors (Lipinski definition) is 0. The van der Waals surface area contributed by atoms with E-state index >= 15 is 0 Å². The fraction of sp³-hybridized carbons (Fsp3) is 0.400. The minimum absolute atomic E-state index is 0.649. The smallest absolute Gasteiger partial charge is 0.0202 e. The highest BCUT2D eigenvalue weighted by Crippen LogP contribution is 2.09. The van der Waals surface area contributed by atoms with Crippen molar-refractivity contribution in [2.75, 3.05) is 0 Å². The monoisotopic (exact) mass is 136 g/mol.